The molecule has 102 valence electrons. The maximum Gasteiger partial charge on any atom is 0.328 e. The van der Waals surface area contributed by atoms with Crippen LogP contribution in [0.15, 0.2) is 24.3 Å². The monoisotopic (exact) mass is 375 g/mol. The third-order valence-electron chi connectivity index (χ3n) is 3.12. The Kier molecular flexibility index (Phi) is 4.41. The number of halogens is 1. The molecule has 6 heteroatoms. The van der Waals surface area contributed by atoms with Crippen molar-refractivity contribution in [1.29, 1.82) is 0 Å². The normalized spacial score (nSPS) is 22.4. The highest BCUT2D eigenvalue weighted by Crippen LogP contribution is 2.23. The minimum atomic E-state index is -0.705. The fourth-order valence-electron chi connectivity index (χ4n) is 2.19. The lowest BCUT2D eigenvalue weighted by atomic mass is 10.1. The third-order valence-corrected chi connectivity index (χ3v) is 4.06. The Morgan fingerprint density at radius 2 is 2.11 bits per heavy atom. The first-order valence-corrected chi connectivity index (χ1v) is 6.94. The summed E-state index contributed by atoms with van der Waals surface area (Å²) in [5.41, 5.74) is 0.533. The average molecular weight is 375 g/mol. The molecule has 5 nitrogen and oxygen atoms in total. The number of rotatable bonds is 2. The Morgan fingerprint density at radius 3 is 2.74 bits per heavy atom. The molecule has 1 saturated heterocycles. The number of esters is 1. The van der Waals surface area contributed by atoms with Crippen molar-refractivity contribution in [3.63, 3.8) is 0 Å². The Bertz CT molecular complexity index is 505. The van der Waals surface area contributed by atoms with Crippen LogP contribution < -0.4 is 0 Å². The number of aliphatic hydroxyl groups excluding tert-OH is 1. The Labute approximate surface area is 124 Å². The van der Waals surface area contributed by atoms with E-state index in [1.54, 1.807) is 12.1 Å². The van der Waals surface area contributed by atoms with Gasteiger partial charge >= 0.3 is 5.97 Å². The summed E-state index contributed by atoms with van der Waals surface area (Å²) in [6.45, 7) is 0.156. The van der Waals surface area contributed by atoms with Gasteiger partial charge in [0.25, 0.3) is 5.91 Å². The van der Waals surface area contributed by atoms with E-state index in [-0.39, 0.29) is 18.9 Å². The minimum absolute atomic E-state index is 0.156. The van der Waals surface area contributed by atoms with E-state index < -0.39 is 18.1 Å². The number of amides is 1. The number of ether oxygens (including phenoxy) is 1. The Morgan fingerprint density at radius 1 is 1.42 bits per heavy atom. The summed E-state index contributed by atoms with van der Waals surface area (Å²) < 4.78 is 5.50. The number of benzene rings is 1. The van der Waals surface area contributed by atoms with Gasteiger partial charge in [0.15, 0.2) is 0 Å². The molecule has 19 heavy (non-hydrogen) atoms. The molecule has 0 spiro atoms. The van der Waals surface area contributed by atoms with Crippen molar-refractivity contribution in [2.75, 3.05) is 13.7 Å². The predicted octanol–water partition coefficient (Wildman–Crippen LogP) is 1.04. The van der Waals surface area contributed by atoms with E-state index in [4.69, 9.17) is 0 Å². The van der Waals surface area contributed by atoms with E-state index in [9.17, 15) is 14.7 Å². The summed E-state index contributed by atoms with van der Waals surface area (Å²) in [7, 11) is 1.28. The minimum Gasteiger partial charge on any atom is -0.467 e. The van der Waals surface area contributed by atoms with Gasteiger partial charge in [0.1, 0.15) is 6.04 Å². The molecule has 1 aliphatic heterocycles. The van der Waals surface area contributed by atoms with Crippen LogP contribution in [0.2, 0.25) is 0 Å². The number of hydrogen-bond acceptors (Lipinski definition) is 4. The van der Waals surface area contributed by atoms with Gasteiger partial charge in [-0.3, -0.25) is 4.79 Å². The molecule has 0 bridgehead atoms. The second-order valence-electron chi connectivity index (χ2n) is 4.37. The Balaban J connectivity index is 2.27. The fraction of sp³-hybridized carbons (Fsp3) is 0.385. The molecular weight excluding hydrogens is 361 g/mol. The van der Waals surface area contributed by atoms with Crippen LogP contribution in [0, 0.1) is 3.57 Å². The van der Waals surface area contributed by atoms with Crippen molar-refractivity contribution in [1.82, 2.24) is 4.90 Å². The van der Waals surface area contributed by atoms with Crippen molar-refractivity contribution in [3.8, 4) is 0 Å². The van der Waals surface area contributed by atoms with Crippen LogP contribution >= 0.6 is 22.6 Å². The van der Waals surface area contributed by atoms with Gasteiger partial charge in [-0.25, -0.2) is 4.79 Å². The summed E-state index contributed by atoms with van der Waals surface area (Å²) in [5.74, 6) is -0.743. The lowest BCUT2D eigenvalue weighted by molar-refractivity contribution is -0.145. The summed E-state index contributed by atoms with van der Waals surface area (Å²) in [5, 5.41) is 9.68. The number of methoxy groups -OCH3 is 1. The highest BCUT2D eigenvalue weighted by atomic mass is 127. The number of β-amino-alcohol motifs (C(OH)–C–C–N with tert-alkyl or cyclic N) is 1. The van der Waals surface area contributed by atoms with E-state index in [1.165, 1.54) is 12.0 Å². The number of nitrogens with zero attached hydrogens (tertiary/aromatic N) is 1. The molecule has 2 rings (SSSR count). The van der Waals surface area contributed by atoms with Crippen LogP contribution in [-0.2, 0) is 9.53 Å². The zero-order valence-corrected chi connectivity index (χ0v) is 12.5. The first kappa shape index (κ1) is 14.3. The van der Waals surface area contributed by atoms with Gasteiger partial charge in [-0.2, -0.15) is 0 Å². The molecule has 1 aromatic rings. The predicted molar refractivity (Wildman–Crippen MR) is 76.6 cm³/mol. The molecule has 0 saturated carbocycles. The van der Waals surface area contributed by atoms with Gasteiger partial charge in [-0.15, -0.1) is 0 Å². The van der Waals surface area contributed by atoms with Crippen molar-refractivity contribution < 1.29 is 19.4 Å². The van der Waals surface area contributed by atoms with E-state index in [1.807, 2.05) is 12.1 Å². The number of hydrogen-bond donors (Lipinski definition) is 1. The van der Waals surface area contributed by atoms with Crippen LogP contribution in [0.25, 0.3) is 0 Å². The molecular formula is C13H14INO4. The van der Waals surface area contributed by atoms with Crippen LogP contribution in [0.4, 0.5) is 0 Å². The van der Waals surface area contributed by atoms with Gasteiger partial charge in [0, 0.05) is 16.5 Å². The van der Waals surface area contributed by atoms with Crippen LogP contribution in [0.1, 0.15) is 16.8 Å². The van der Waals surface area contributed by atoms with Gasteiger partial charge in [0.05, 0.1) is 18.8 Å². The quantitative estimate of drug-likeness (QED) is 0.620. The molecule has 0 aromatic heterocycles. The second-order valence-corrected chi connectivity index (χ2v) is 5.53. The molecule has 2 atom stereocenters. The number of aliphatic hydroxyl groups is 1. The molecule has 1 aliphatic rings. The highest BCUT2D eigenvalue weighted by Gasteiger charge is 2.40. The first-order chi connectivity index (χ1) is 9.04. The smallest absolute Gasteiger partial charge is 0.328 e. The summed E-state index contributed by atoms with van der Waals surface area (Å²) >= 11 is 2.07. The molecule has 0 radical (unpaired) electrons. The van der Waals surface area contributed by atoms with Crippen LogP contribution in [0.3, 0.4) is 0 Å². The largest absolute Gasteiger partial charge is 0.467 e. The molecule has 0 aliphatic carbocycles. The van der Waals surface area contributed by atoms with Gasteiger partial charge in [0.2, 0.25) is 0 Å². The van der Waals surface area contributed by atoms with Crippen molar-refractivity contribution >= 4 is 34.5 Å². The van der Waals surface area contributed by atoms with Gasteiger partial charge in [-0.05, 0) is 34.7 Å². The van der Waals surface area contributed by atoms with Gasteiger partial charge in [-0.1, -0.05) is 12.1 Å². The summed E-state index contributed by atoms with van der Waals surface area (Å²) in [6.07, 6.45) is -0.462. The van der Waals surface area contributed by atoms with Crippen molar-refractivity contribution in [2.24, 2.45) is 0 Å². The van der Waals surface area contributed by atoms with E-state index in [0.29, 0.717) is 5.56 Å². The standard InChI is InChI=1S/C13H14INO4/c1-19-13(18)11-6-8(16)7-15(11)12(17)9-4-2-3-5-10(9)14/h2-5,8,11,16H,6-7H2,1H3. The molecule has 1 N–H and O–H groups in total. The third kappa shape index (κ3) is 2.89. The SMILES string of the molecule is COC(=O)C1CC(O)CN1C(=O)c1ccccc1I. The number of carbonyl (C=O) groups is 2. The van der Waals surface area contributed by atoms with Crippen LogP contribution in [-0.4, -0.2) is 47.7 Å². The van der Waals surface area contributed by atoms with E-state index in [2.05, 4.69) is 27.3 Å². The van der Waals surface area contributed by atoms with Gasteiger partial charge < -0.3 is 14.7 Å². The zero-order chi connectivity index (χ0) is 14.0. The number of likely N-dealkylation sites (tertiary alicyclic amines) is 1. The highest BCUT2D eigenvalue weighted by molar-refractivity contribution is 14.1. The molecule has 1 fully saturated rings. The molecule has 2 unspecified atom stereocenters. The molecule has 1 amide bonds. The van der Waals surface area contributed by atoms with Crippen LogP contribution in [0.5, 0.6) is 0 Å². The lowest BCUT2D eigenvalue weighted by Crippen LogP contribution is -2.41. The van der Waals surface area contributed by atoms with E-state index >= 15 is 0 Å². The van der Waals surface area contributed by atoms with E-state index in [0.717, 1.165) is 3.57 Å². The maximum atomic E-state index is 12.4. The maximum absolute atomic E-state index is 12.4. The average Bonchev–Trinajstić information content (AvgIpc) is 2.79. The lowest BCUT2D eigenvalue weighted by Gasteiger charge is -2.22. The first-order valence-electron chi connectivity index (χ1n) is 5.86. The second kappa shape index (κ2) is 5.87. The summed E-state index contributed by atoms with van der Waals surface area (Å²) in [4.78, 5) is 25.5. The van der Waals surface area contributed by atoms with Crippen molar-refractivity contribution in [3.05, 3.63) is 33.4 Å². The molecule has 1 heterocycles. The zero-order valence-electron chi connectivity index (χ0n) is 10.4. The Hall–Kier alpha value is -1.15. The van der Waals surface area contributed by atoms with Crippen molar-refractivity contribution in [2.45, 2.75) is 18.6 Å². The fourth-order valence-corrected chi connectivity index (χ4v) is 2.81. The number of carbonyl (C=O) groups excluding carboxylic acids is 2. The summed E-state index contributed by atoms with van der Waals surface area (Å²) in [6, 6.07) is 6.45. The molecule has 1 aromatic carbocycles. The topological polar surface area (TPSA) is 66.8 Å².